The molecule has 3 aromatic rings. The van der Waals surface area contributed by atoms with Crippen LogP contribution in [0.1, 0.15) is 65.1 Å². The van der Waals surface area contributed by atoms with Crippen LogP contribution in [0.25, 0.3) is 18.8 Å². The Hall–Kier alpha value is -0.640. The minimum absolute atomic E-state index is 0.264. The summed E-state index contributed by atoms with van der Waals surface area (Å²) in [5.74, 6) is 0. The third-order valence-corrected chi connectivity index (χ3v) is 8.26. The van der Waals surface area contributed by atoms with E-state index in [0.717, 1.165) is 0 Å². The Labute approximate surface area is 152 Å². The summed E-state index contributed by atoms with van der Waals surface area (Å²) in [6.07, 6.45) is 4.00. The summed E-state index contributed by atoms with van der Waals surface area (Å²) in [6.45, 7) is 17.8. The van der Waals surface area contributed by atoms with Crippen molar-refractivity contribution in [2.24, 2.45) is 0 Å². The number of rotatable bonds is 0. The van der Waals surface area contributed by atoms with Gasteiger partial charge in [-0.05, 0) is 36.8 Å². The molecular weight excluding hydrogens is 336 g/mol. The molecule has 0 N–H and O–H groups in total. The maximum absolute atomic E-state index is 2.40. The maximum atomic E-state index is 2.40. The molecule has 0 aliphatic heterocycles. The molecule has 3 rings (SSSR count). The van der Waals surface area contributed by atoms with Crippen molar-refractivity contribution in [1.29, 1.82) is 0 Å². The van der Waals surface area contributed by atoms with Crippen LogP contribution >= 0.6 is 34.0 Å². The van der Waals surface area contributed by atoms with Crippen LogP contribution in [0.5, 0.6) is 0 Å². The Morgan fingerprint density at radius 3 is 1.26 bits per heavy atom. The van der Waals surface area contributed by atoms with Gasteiger partial charge in [-0.15, -0.1) is 34.0 Å². The highest BCUT2D eigenvalue weighted by atomic mass is 32.1. The molecule has 0 aliphatic rings. The van der Waals surface area contributed by atoms with Crippen molar-refractivity contribution >= 4 is 52.8 Å². The van der Waals surface area contributed by atoms with Crippen LogP contribution in [-0.2, 0) is 10.8 Å². The van der Waals surface area contributed by atoms with Gasteiger partial charge in [0.25, 0.3) is 0 Å². The van der Waals surface area contributed by atoms with Crippen molar-refractivity contribution in [3.63, 3.8) is 0 Å². The van der Waals surface area contributed by atoms with Gasteiger partial charge in [0, 0.05) is 19.2 Å². The smallest absolute Gasteiger partial charge is 0.0632 e. The van der Waals surface area contributed by atoms with E-state index in [4.69, 9.17) is 0 Å². The second-order valence-electron chi connectivity index (χ2n) is 7.88. The molecule has 0 radical (unpaired) electrons. The first-order valence-corrected chi connectivity index (χ1v) is 10.6. The van der Waals surface area contributed by atoms with E-state index in [2.05, 4.69) is 53.7 Å². The minimum atomic E-state index is 0.264. The molecule has 0 amide bonds. The molecule has 0 bridgehead atoms. The number of allylic oxidation sites excluding steroid dienone is 2. The first kappa shape index (κ1) is 18.7. The molecular formula is C20H28S3. The molecule has 0 aliphatic carbocycles. The fourth-order valence-electron chi connectivity index (χ4n) is 2.07. The Bertz CT molecular complexity index is 744. The molecule has 0 saturated carbocycles. The summed E-state index contributed by atoms with van der Waals surface area (Å²) in [4.78, 5) is 3.00. The predicted octanol–water partition coefficient (Wildman–Crippen LogP) is 8.35. The van der Waals surface area contributed by atoms with Crippen LogP contribution in [0.3, 0.4) is 0 Å². The van der Waals surface area contributed by atoms with Crippen molar-refractivity contribution in [2.75, 3.05) is 0 Å². The summed E-state index contributed by atoms with van der Waals surface area (Å²) in [5.41, 5.74) is 0.527. The lowest BCUT2D eigenvalue weighted by Crippen LogP contribution is -2.07. The molecule has 3 heterocycles. The van der Waals surface area contributed by atoms with Crippen LogP contribution < -0.4 is 0 Å². The molecule has 0 aromatic carbocycles. The van der Waals surface area contributed by atoms with Crippen LogP contribution in [0.2, 0.25) is 0 Å². The molecule has 0 saturated heterocycles. The van der Waals surface area contributed by atoms with Crippen molar-refractivity contribution in [2.45, 2.75) is 66.2 Å². The summed E-state index contributed by atoms with van der Waals surface area (Å²) >= 11 is 5.93. The first-order chi connectivity index (χ1) is 10.6. The normalized spacial score (nSPS) is 13.0. The lowest BCUT2D eigenvalue weighted by atomic mass is 9.95. The number of hydrogen-bond donors (Lipinski definition) is 0. The van der Waals surface area contributed by atoms with Crippen LogP contribution in [-0.4, -0.2) is 0 Å². The summed E-state index contributed by atoms with van der Waals surface area (Å²) in [7, 11) is 0. The summed E-state index contributed by atoms with van der Waals surface area (Å²) in [6, 6.07) is 4.79. The quantitative estimate of drug-likeness (QED) is 0.351. The predicted molar refractivity (Wildman–Crippen MR) is 113 cm³/mol. The van der Waals surface area contributed by atoms with E-state index in [0.29, 0.717) is 0 Å². The van der Waals surface area contributed by atoms with Gasteiger partial charge in [0.1, 0.15) is 0 Å². The molecule has 126 valence electrons. The molecule has 0 atom stereocenters. The van der Waals surface area contributed by atoms with E-state index in [9.17, 15) is 0 Å². The van der Waals surface area contributed by atoms with E-state index >= 15 is 0 Å². The van der Waals surface area contributed by atoms with Gasteiger partial charge in [0.15, 0.2) is 0 Å². The topological polar surface area (TPSA) is 0 Å². The fraction of sp³-hybridized carbons (Fsp3) is 0.500. The van der Waals surface area contributed by atoms with Gasteiger partial charge in [-0.1, -0.05) is 53.7 Å². The average molecular weight is 365 g/mol. The SMILES string of the molecule is C/C=C\C.CC(C)(C)c1cc2sc3cc(C(C)(C)C)sc3c2s1. The van der Waals surface area contributed by atoms with Crippen molar-refractivity contribution in [1.82, 2.24) is 0 Å². The molecule has 0 spiro atoms. The van der Waals surface area contributed by atoms with Crippen LogP contribution in [0.4, 0.5) is 0 Å². The maximum Gasteiger partial charge on any atom is 0.0632 e. The standard InChI is InChI=1S/C16H20S3.C4H8/c1-15(2,3)11-7-9-13(18-11)14-10(17-9)8-12(19-14)16(4,5)6;1-3-4-2/h7-8H,1-6H3;3-4H,1-2H3/b;4-3-. The third-order valence-electron chi connectivity index (χ3n) is 3.63. The Morgan fingerprint density at radius 2 is 1.00 bits per heavy atom. The lowest BCUT2D eigenvalue weighted by molar-refractivity contribution is 0.604. The van der Waals surface area contributed by atoms with Gasteiger partial charge in [-0.2, -0.15) is 0 Å². The van der Waals surface area contributed by atoms with Gasteiger partial charge < -0.3 is 0 Å². The van der Waals surface area contributed by atoms with Gasteiger partial charge in [0.05, 0.1) is 9.40 Å². The molecule has 23 heavy (non-hydrogen) atoms. The molecule has 0 nitrogen and oxygen atoms in total. The van der Waals surface area contributed by atoms with Crippen molar-refractivity contribution in [3.05, 3.63) is 34.0 Å². The Morgan fingerprint density at radius 1 is 0.652 bits per heavy atom. The second-order valence-corrected chi connectivity index (χ2v) is 11.1. The van der Waals surface area contributed by atoms with Crippen molar-refractivity contribution < 1.29 is 0 Å². The number of fused-ring (bicyclic) bond motifs is 3. The van der Waals surface area contributed by atoms with E-state index < -0.39 is 0 Å². The van der Waals surface area contributed by atoms with Crippen molar-refractivity contribution in [3.8, 4) is 0 Å². The van der Waals surface area contributed by atoms with E-state index in [1.165, 1.54) is 28.6 Å². The molecule has 0 unspecified atom stereocenters. The zero-order valence-corrected chi connectivity index (χ0v) is 18.0. The number of thiophene rings is 3. The zero-order chi connectivity index (χ0) is 17.4. The minimum Gasteiger partial charge on any atom is -0.137 e. The Kier molecular flexibility index (Phi) is 5.44. The molecule has 3 aromatic heterocycles. The monoisotopic (exact) mass is 364 g/mol. The third kappa shape index (κ3) is 4.07. The summed E-state index contributed by atoms with van der Waals surface area (Å²) in [5, 5.41) is 0. The first-order valence-electron chi connectivity index (χ1n) is 8.12. The van der Waals surface area contributed by atoms with Gasteiger partial charge in [-0.25, -0.2) is 0 Å². The van der Waals surface area contributed by atoms with Crippen LogP contribution in [0.15, 0.2) is 24.3 Å². The molecule has 3 heteroatoms. The van der Waals surface area contributed by atoms with E-state index in [-0.39, 0.29) is 10.8 Å². The lowest BCUT2D eigenvalue weighted by Gasteiger charge is -2.15. The Balaban J connectivity index is 0.000000433. The van der Waals surface area contributed by atoms with Crippen LogP contribution in [0, 0.1) is 0 Å². The van der Waals surface area contributed by atoms with E-state index in [1.54, 1.807) is 0 Å². The van der Waals surface area contributed by atoms with Gasteiger partial charge >= 0.3 is 0 Å². The van der Waals surface area contributed by atoms with Gasteiger partial charge in [-0.3, -0.25) is 0 Å². The van der Waals surface area contributed by atoms with E-state index in [1.807, 2.05) is 60.0 Å². The van der Waals surface area contributed by atoms with Gasteiger partial charge in [0.2, 0.25) is 0 Å². The number of hydrogen-bond acceptors (Lipinski definition) is 3. The highest BCUT2D eigenvalue weighted by Gasteiger charge is 2.22. The molecule has 0 fully saturated rings. The summed E-state index contributed by atoms with van der Waals surface area (Å²) < 4.78 is 5.95. The second kappa shape index (κ2) is 6.70. The average Bonchev–Trinajstić information content (AvgIpc) is 3.06. The largest absolute Gasteiger partial charge is 0.137 e. The highest BCUT2D eigenvalue weighted by molar-refractivity contribution is 7.38. The fourth-order valence-corrected chi connectivity index (χ4v) is 6.21. The zero-order valence-electron chi connectivity index (χ0n) is 15.5. The highest BCUT2D eigenvalue weighted by Crippen LogP contribution is 2.47.